The Balaban J connectivity index is 1.89. The van der Waals surface area contributed by atoms with E-state index < -0.39 is 11.9 Å². The third-order valence-electron chi connectivity index (χ3n) is 6.73. The minimum absolute atomic E-state index is 0.224. The summed E-state index contributed by atoms with van der Waals surface area (Å²) in [6, 6.07) is 17.6. The molecule has 1 atom stereocenters. The molecule has 1 aromatic heterocycles. The maximum atomic E-state index is 13.9. The van der Waals surface area contributed by atoms with Crippen LogP contribution in [-0.2, 0) is 0 Å². The minimum Gasteiger partial charge on any atom is -0.329 e. The Hall–Kier alpha value is -3.51. The number of amides is 1. The average molecular weight is 520 g/mol. The molecule has 7 heteroatoms. The lowest BCUT2D eigenvalue weighted by Gasteiger charge is -2.31. The number of hydrogen-bond donors (Lipinski definition) is 0. The zero-order chi connectivity index (χ0) is 26.5. The van der Waals surface area contributed by atoms with E-state index in [1.807, 2.05) is 32.0 Å². The average Bonchev–Trinajstić information content (AvgIpc) is 2.90. The lowest BCUT2D eigenvalue weighted by atomic mass is 10.1. The van der Waals surface area contributed by atoms with Crippen molar-refractivity contribution in [2.75, 3.05) is 6.54 Å². The summed E-state index contributed by atoms with van der Waals surface area (Å²) >= 11 is 6.44. The van der Waals surface area contributed by atoms with E-state index in [1.165, 1.54) is 24.3 Å². The highest BCUT2D eigenvalue weighted by Gasteiger charge is 2.28. The highest BCUT2D eigenvalue weighted by atomic mass is 35.5. The summed E-state index contributed by atoms with van der Waals surface area (Å²) in [4.78, 5) is 34.2. The second kappa shape index (κ2) is 11.7. The van der Waals surface area contributed by atoms with Crippen molar-refractivity contribution in [1.82, 2.24) is 14.5 Å². The summed E-state index contributed by atoms with van der Waals surface area (Å²) in [5, 5.41) is 1.02. The summed E-state index contributed by atoms with van der Waals surface area (Å²) in [7, 11) is 0. The quantitative estimate of drug-likeness (QED) is 0.218. The van der Waals surface area contributed by atoms with E-state index in [0.717, 1.165) is 31.2 Å². The van der Waals surface area contributed by atoms with Gasteiger partial charge in [-0.05, 0) is 74.4 Å². The maximum absolute atomic E-state index is 13.9. The molecule has 192 valence electrons. The molecule has 37 heavy (non-hydrogen) atoms. The van der Waals surface area contributed by atoms with Crippen LogP contribution in [0.3, 0.4) is 0 Å². The van der Waals surface area contributed by atoms with Gasteiger partial charge in [0.1, 0.15) is 11.6 Å². The number of halogens is 2. The Morgan fingerprint density at radius 1 is 1.03 bits per heavy atom. The number of carbonyl (C=O) groups is 1. The first-order valence-corrected chi connectivity index (χ1v) is 13.0. The van der Waals surface area contributed by atoms with Gasteiger partial charge in [-0.1, -0.05) is 56.0 Å². The van der Waals surface area contributed by atoms with Gasteiger partial charge in [-0.25, -0.2) is 9.37 Å². The first kappa shape index (κ1) is 26.6. The molecule has 0 radical (unpaired) electrons. The van der Waals surface area contributed by atoms with Crippen molar-refractivity contribution < 1.29 is 9.18 Å². The maximum Gasteiger partial charge on any atom is 0.266 e. The zero-order valence-electron chi connectivity index (χ0n) is 21.4. The van der Waals surface area contributed by atoms with Crippen LogP contribution in [0.5, 0.6) is 0 Å². The van der Waals surface area contributed by atoms with Crippen molar-refractivity contribution in [1.29, 1.82) is 0 Å². The van der Waals surface area contributed by atoms with E-state index in [2.05, 4.69) is 6.92 Å². The van der Waals surface area contributed by atoms with Gasteiger partial charge >= 0.3 is 0 Å². The van der Waals surface area contributed by atoms with Crippen molar-refractivity contribution in [3.63, 3.8) is 0 Å². The molecule has 4 aromatic rings. The monoisotopic (exact) mass is 519 g/mol. The Kier molecular flexibility index (Phi) is 8.39. The van der Waals surface area contributed by atoms with E-state index in [4.69, 9.17) is 16.6 Å². The predicted octanol–water partition coefficient (Wildman–Crippen LogP) is 7.27. The lowest BCUT2D eigenvalue weighted by Crippen LogP contribution is -2.38. The first-order chi connectivity index (χ1) is 17.8. The molecule has 1 heterocycles. The van der Waals surface area contributed by atoms with Gasteiger partial charge in [0.05, 0.1) is 22.6 Å². The summed E-state index contributed by atoms with van der Waals surface area (Å²) < 4.78 is 15.2. The minimum atomic E-state index is -0.546. The number of rotatable bonds is 9. The smallest absolute Gasteiger partial charge is 0.266 e. The molecule has 0 bridgehead atoms. The lowest BCUT2D eigenvalue weighted by molar-refractivity contribution is 0.0677. The summed E-state index contributed by atoms with van der Waals surface area (Å²) in [5.41, 5.74) is 2.09. The molecule has 0 saturated heterocycles. The van der Waals surface area contributed by atoms with Gasteiger partial charge in [-0.15, -0.1) is 0 Å². The van der Waals surface area contributed by atoms with Crippen molar-refractivity contribution >= 4 is 28.4 Å². The fraction of sp³-hybridized carbons (Fsp3) is 0.300. The first-order valence-electron chi connectivity index (χ1n) is 12.7. The Morgan fingerprint density at radius 3 is 2.49 bits per heavy atom. The Morgan fingerprint density at radius 2 is 1.76 bits per heavy atom. The number of carbonyl (C=O) groups excluding carboxylic acids is 1. The van der Waals surface area contributed by atoms with Crippen LogP contribution in [0.15, 0.2) is 71.5 Å². The van der Waals surface area contributed by atoms with Crippen LogP contribution in [0.25, 0.3) is 16.6 Å². The molecular weight excluding hydrogens is 489 g/mol. The van der Waals surface area contributed by atoms with Crippen LogP contribution in [0.1, 0.15) is 67.3 Å². The molecule has 0 saturated carbocycles. The van der Waals surface area contributed by atoms with Gasteiger partial charge < -0.3 is 4.90 Å². The second-order valence-corrected chi connectivity index (χ2v) is 9.66. The van der Waals surface area contributed by atoms with Gasteiger partial charge in [0.25, 0.3) is 11.5 Å². The summed E-state index contributed by atoms with van der Waals surface area (Å²) in [6.07, 6.45) is 3.91. The van der Waals surface area contributed by atoms with Gasteiger partial charge in [-0.2, -0.15) is 0 Å². The Labute approximate surface area is 221 Å². The topological polar surface area (TPSA) is 55.2 Å². The fourth-order valence-corrected chi connectivity index (χ4v) is 4.75. The van der Waals surface area contributed by atoms with Gasteiger partial charge in [0.2, 0.25) is 0 Å². The number of nitrogens with zero attached hydrogens (tertiary/aromatic N) is 3. The van der Waals surface area contributed by atoms with Crippen molar-refractivity contribution in [3.05, 3.63) is 105 Å². The molecule has 3 aromatic carbocycles. The molecule has 0 N–H and O–H groups in total. The predicted molar refractivity (Wildman–Crippen MR) is 147 cm³/mol. The number of aromatic nitrogens is 2. The molecule has 0 aliphatic heterocycles. The Bertz CT molecular complexity index is 1470. The number of para-hydroxylation sites is 1. The number of benzene rings is 3. The molecule has 0 fully saturated rings. The third kappa shape index (κ3) is 5.59. The zero-order valence-corrected chi connectivity index (χ0v) is 22.1. The van der Waals surface area contributed by atoms with Crippen LogP contribution in [0.2, 0.25) is 5.02 Å². The SMILES string of the molecule is CCCCCCN(C(=O)c1ccc(F)cc1)C(C)c1nc2ccccc2c(=O)n1-c1cccc(Cl)c1C. The van der Waals surface area contributed by atoms with Gasteiger partial charge in [0, 0.05) is 17.1 Å². The van der Waals surface area contributed by atoms with E-state index in [0.29, 0.717) is 39.5 Å². The number of unbranched alkanes of at least 4 members (excludes halogenated alkanes) is 3. The standard InChI is InChI=1S/C30H31ClFN3O2/c1-4-5-6-9-19-34(29(36)22-15-17-23(32)18-16-22)21(3)28-33-26-13-8-7-11-24(26)30(37)35(28)27-14-10-12-25(31)20(27)2/h7-8,10-18,21H,4-6,9,19H2,1-3H3. The molecule has 1 unspecified atom stereocenters. The van der Waals surface area contributed by atoms with E-state index in [9.17, 15) is 14.0 Å². The third-order valence-corrected chi connectivity index (χ3v) is 7.14. The van der Waals surface area contributed by atoms with Crippen molar-refractivity contribution in [2.45, 2.75) is 52.5 Å². The fourth-order valence-electron chi connectivity index (χ4n) is 4.58. The molecule has 0 aliphatic rings. The largest absolute Gasteiger partial charge is 0.329 e. The van der Waals surface area contributed by atoms with Crippen molar-refractivity contribution in [3.8, 4) is 5.69 Å². The van der Waals surface area contributed by atoms with E-state index in [-0.39, 0.29) is 11.5 Å². The highest BCUT2D eigenvalue weighted by molar-refractivity contribution is 6.31. The molecule has 5 nitrogen and oxygen atoms in total. The molecular formula is C30H31ClFN3O2. The summed E-state index contributed by atoms with van der Waals surface area (Å²) in [5.74, 6) is -0.193. The highest BCUT2D eigenvalue weighted by Crippen LogP contribution is 2.28. The molecule has 0 spiro atoms. The van der Waals surface area contributed by atoms with Crippen LogP contribution >= 0.6 is 11.6 Å². The van der Waals surface area contributed by atoms with E-state index in [1.54, 1.807) is 33.7 Å². The van der Waals surface area contributed by atoms with Crippen LogP contribution in [0, 0.1) is 12.7 Å². The molecule has 4 rings (SSSR count). The second-order valence-electron chi connectivity index (χ2n) is 9.25. The van der Waals surface area contributed by atoms with Gasteiger partial charge in [0.15, 0.2) is 0 Å². The van der Waals surface area contributed by atoms with Crippen LogP contribution in [0.4, 0.5) is 4.39 Å². The van der Waals surface area contributed by atoms with Crippen LogP contribution < -0.4 is 5.56 Å². The normalized spacial score (nSPS) is 12.0. The van der Waals surface area contributed by atoms with E-state index >= 15 is 0 Å². The number of fused-ring (bicyclic) bond motifs is 1. The van der Waals surface area contributed by atoms with Crippen molar-refractivity contribution in [2.24, 2.45) is 0 Å². The number of hydrogen-bond acceptors (Lipinski definition) is 3. The molecule has 1 amide bonds. The summed E-state index contributed by atoms with van der Waals surface area (Å²) in [6.45, 7) is 6.36. The van der Waals surface area contributed by atoms with Crippen LogP contribution in [-0.4, -0.2) is 26.9 Å². The molecule has 0 aliphatic carbocycles. The van der Waals surface area contributed by atoms with Gasteiger partial charge in [-0.3, -0.25) is 14.2 Å².